The van der Waals surface area contributed by atoms with E-state index in [2.05, 4.69) is 0 Å². The summed E-state index contributed by atoms with van der Waals surface area (Å²) < 4.78 is 0. The molecule has 0 radical (unpaired) electrons. The fourth-order valence-corrected chi connectivity index (χ4v) is 1.78. The molecule has 1 aromatic carbocycles. The van der Waals surface area contributed by atoms with E-state index >= 15 is 0 Å². The van der Waals surface area contributed by atoms with Crippen molar-refractivity contribution in [2.45, 2.75) is 6.92 Å². The molecular weight excluding hydrogens is 218 g/mol. The molecule has 0 aromatic heterocycles. The fourth-order valence-electron chi connectivity index (χ4n) is 1.78. The first-order chi connectivity index (χ1) is 7.93. The Kier molecular flexibility index (Phi) is 4.40. The number of carboxylic acids is 1. The maximum atomic E-state index is 12.1. The minimum Gasteiger partial charge on any atom is -0.478 e. The number of nitrogens with zero attached hydrogens (tertiary/aromatic N) is 1. The summed E-state index contributed by atoms with van der Waals surface area (Å²) in [5.74, 6) is -1.41. The fraction of sp³-hybridized carbons (Fsp3) is 0.385. The summed E-state index contributed by atoms with van der Waals surface area (Å²) in [6.45, 7) is 2.41. The molecule has 0 saturated carbocycles. The molecule has 0 aliphatic rings. The lowest BCUT2D eigenvalue weighted by Gasteiger charge is -2.16. The van der Waals surface area contributed by atoms with E-state index in [1.807, 2.05) is 19.0 Å². The van der Waals surface area contributed by atoms with Gasteiger partial charge in [-0.15, -0.1) is 0 Å². The summed E-state index contributed by atoms with van der Waals surface area (Å²) >= 11 is 0. The van der Waals surface area contributed by atoms with E-state index in [0.717, 1.165) is 0 Å². The zero-order valence-corrected chi connectivity index (χ0v) is 10.3. The third kappa shape index (κ3) is 3.39. The van der Waals surface area contributed by atoms with E-state index in [4.69, 9.17) is 5.11 Å². The Balaban J connectivity index is 3.00. The molecule has 1 rings (SSSR count). The maximum Gasteiger partial charge on any atom is 0.336 e. The number of carbonyl (C=O) groups is 2. The van der Waals surface area contributed by atoms with E-state index in [-0.39, 0.29) is 22.8 Å². The quantitative estimate of drug-likeness (QED) is 0.790. The van der Waals surface area contributed by atoms with Crippen molar-refractivity contribution in [1.29, 1.82) is 0 Å². The number of carboxylic acid groups (broad SMARTS) is 1. The highest BCUT2D eigenvalue weighted by atomic mass is 16.4. The van der Waals surface area contributed by atoms with Gasteiger partial charge in [0, 0.05) is 18.0 Å². The standard InChI is InChI=1S/C13H17NO3/c1-9(8-14(2)3)12(15)10-6-4-5-7-11(10)13(16)17/h4-7,9H,8H2,1-3H3,(H,16,17)/t9-/m1/s1. The molecule has 0 aliphatic heterocycles. The summed E-state index contributed by atoms with van der Waals surface area (Å²) in [6, 6.07) is 6.33. The highest BCUT2D eigenvalue weighted by molar-refractivity contribution is 6.06. The SMILES string of the molecule is C[C@H](CN(C)C)C(=O)c1ccccc1C(=O)O. The van der Waals surface area contributed by atoms with Gasteiger partial charge < -0.3 is 10.0 Å². The Morgan fingerprint density at radius 2 is 1.76 bits per heavy atom. The van der Waals surface area contributed by atoms with Crippen LogP contribution in [-0.2, 0) is 0 Å². The molecule has 0 fully saturated rings. The molecule has 1 atom stereocenters. The highest BCUT2D eigenvalue weighted by Gasteiger charge is 2.21. The summed E-state index contributed by atoms with van der Waals surface area (Å²) in [4.78, 5) is 25.0. The van der Waals surface area contributed by atoms with Gasteiger partial charge in [-0.3, -0.25) is 4.79 Å². The number of hydrogen-bond acceptors (Lipinski definition) is 3. The lowest BCUT2D eigenvalue weighted by Crippen LogP contribution is -2.26. The van der Waals surface area contributed by atoms with Gasteiger partial charge in [-0.2, -0.15) is 0 Å². The largest absolute Gasteiger partial charge is 0.478 e. The van der Waals surface area contributed by atoms with Crippen LogP contribution in [0.25, 0.3) is 0 Å². The van der Waals surface area contributed by atoms with Crippen LogP contribution in [-0.4, -0.2) is 42.4 Å². The van der Waals surface area contributed by atoms with Crippen molar-refractivity contribution < 1.29 is 14.7 Å². The first-order valence-corrected chi connectivity index (χ1v) is 5.44. The molecule has 0 unspecified atom stereocenters. The lowest BCUT2D eigenvalue weighted by molar-refractivity contribution is 0.0690. The summed E-state index contributed by atoms with van der Waals surface area (Å²) in [7, 11) is 3.76. The molecule has 1 N–H and O–H groups in total. The predicted molar refractivity (Wildman–Crippen MR) is 65.4 cm³/mol. The van der Waals surface area contributed by atoms with Crippen LogP contribution in [0, 0.1) is 5.92 Å². The molecule has 0 saturated heterocycles. The summed E-state index contributed by atoms with van der Waals surface area (Å²) in [5, 5.41) is 9.02. The molecule has 4 heteroatoms. The molecule has 0 bridgehead atoms. The van der Waals surface area contributed by atoms with Crippen LogP contribution < -0.4 is 0 Å². The molecule has 4 nitrogen and oxygen atoms in total. The van der Waals surface area contributed by atoms with Crippen LogP contribution in [0.2, 0.25) is 0 Å². The van der Waals surface area contributed by atoms with Gasteiger partial charge in [-0.25, -0.2) is 4.79 Å². The van der Waals surface area contributed by atoms with Crippen LogP contribution in [0.1, 0.15) is 27.6 Å². The third-order valence-corrected chi connectivity index (χ3v) is 2.51. The molecule has 0 heterocycles. The first kappa shape index (κ1) is 13.4. The Bertz CT molecular complexity index is 426. The predicted octanol–water partition coefficient (Wildman–Crippen LogP) is 1.77. The van der Waals surface area contributed by atoms with Gasteiger partial charge >= 0.3 is 5.97 Å². The van der Waals surface area contributed by atoms with Gasteiger partial charge in [0.15, 0.2) is 5.78 Å². The number of hydrogen-bond donors (Lipinski definition) is 1. The van der Waals surface area contributed by atoms with Crippen LogP contribution in [0.3, 0.4) is 0 Å². The van der Waals surface area contributed by atoms with Crippen molar-refractivity contribution in [3.05, 3.63) is 35.4 Å². The minimum atomic E-state index is -1.06. The zero-order chi connectivity index (χ0) is 13.0. The molecule has 0 spiro atoms. The van der Waals surface area contributed by atoms with Crippen molar-refractivity contribution in [2.75, 3.05) is 20.6 Å². The Morgan fingerprint density at radius 3 is 2.24 bits per heavy atom. The number of carbonyl (C=O) groups excluding carboxylic acids is 1. The Hall–Kier alpha value is -1.68. The second-order valence-corrected chi connectivity index (χ2v) is 4.38. The van der Waals surface area contributed by atoms with Gasteiger partial charge in [0.05, 0.1) is 5.56 Å². The second kappa shape index (κ2) is 5.59. The molecule has 1 aromatic rings. The number of aromatic carboxylic acids is 1. The zero-order valence-electron chi connectivity index (χ0n) is 10.3. The monoisotopic (exact) mass is 235 g/mol. The van der Waals surface area contributed by atoms with Crippen LogP contribution in [0.15, 0.2) is 24.3 Å². The topological polar surface area (TPSA) is 57.6 Å². The van der Waals surface area contributed by atoms with Crippen molar-refractivity contribution >= 4 is 11.8 Å². The first-order valence-electron chi connectivity index (χ1n) is 5.44. The van der Waals surface area contributed by atoms with Crippen LogP contribution in [0.4, 0.5) is 0 Å². The Labute approximate surface area is 101 Å². The average molecular weight is 235 g/mol. The molecule has 17 heavy (non-hydrogen) atoms. The van der Waals surface area contributed by atoms with E-state index < -0.39 is 5.97 Å². The summed E-state index contributed by atoms with van der Waals surface area (Å²) in [5.41, 5.74) is 0.359. The number of rotatable bonds is 5. The lowest BCUT2D eigenvalue weighted by atomic mass is 9.95. The third-order valence-electron chi connectivity index (χ3n) is 2.51. The molecular formula is C13H17NO3. The van der Waals surface area contributed by atoms with Gasteiger partial charge in [-0.05, 0) is 20.2 Å². The average Bonchev–Trinajstić information content (AvgIpc) is 2.27. The number of ketones is 1. The van der Waals surface area contributed by atoms with Gasteiger partial charge in [-0.1, -0.05) is 25.1 Å². The van der Waals surface area contributed by atoms with Crippen molar-refractivity contribution in [3.8, 4) is 0 Å². The molecule has 0 amide bonds. The normalized spacial score (nSPS) is 12.5. The van der Waals surface area contributed by atoms with Gasteiger partial charge in [0.1, 0.15) is 0 Å². The van der Waals surface area contributed by atoms with E-state index in [1.54, 1.807) is 25.1 Å². The number of benzene rings is 1. The minimum absolute atomic E-state index is 0.0723. The molecule has 0 aliphatic carbocycles. The second-order valence-electron chi connectivity index (χ2n) is 4.38. The highest BCUT2D eigenvalue weighted by Crippen LogP contribution is 2.14. The molecule has 92 valence electrons. The van der Waals surface area contributed by atoms with Crippen molar-refractivity contribution in [2.24, 2.45) is 5.92 Å². The van der Waals surface area contributed by atoms with E-state index in [9.17, 15) is 9.59 Å². The van der Waals surface area contributed by atoms with E-state index in [0.29, 0.717) is 6.54 Å². The van der Waals surface area contributed by atoms with E-state index in [1.165, 1.54) is 6.07 Å². The maximum absolute atomic E-state index is 12.1. The van der Waals surface area contributed by atoms with Crippen LogP contribution in [0.5, 0.6) is 0 Å². The summed E-state index contributed by atoms with van der Waals surface area (Å²) in [6.07, 6.45) is 0. The smallest absolute Gasteiger partial charge is 0.336 e. The van der Waals surface area contributed by atoms with Crippen molar-refractivity contribution in [3.63, 3.8) is 0 Å². The Morgan fingerprint density at radius 1 is 1.24 bits per heavy atom. The van der Waals surface area contributed by atoms with Gasteiger partial charge in [0.25, 0.3) is 0 Å². The van der Waals surface area contributed by atoms with Crippen molar-refractivity contribution in [1.82, 2.24) is 4.90 Å². The van der Waals surface area contributed by atoms with Crippen LogP contribution >= 0.6 is 0 Å². The number of Topliss-reactive ketones (excluding diaryl/α,β-unsaturated/α-hetero) is 1. The van der Waals surface area contributed by atoms with Gasteiger partial charge in [0.2, 0.25) is 0 Å².